The van der Waals surface area contributed by atoms with Crippen molar-refractivity contribution in [3.63, 3.8) is 0 Å². The quantitative estimate of drug-likeness (QED) is 0.492. The lowest BCUT2D eigenvalue weighted by Gasteiger charge is -2.26. The molecule has 0 atom stereocenters. The average molecular weight is 505 g/mol. The monoisotopic (exact) mass is 504 g/mol. The minimum atomic E-state index is -4.04. The molecule has 5 nitrogen and oxygen atoms in total. The van der Waals surface area contributed by atoms with Gasteiger partial charge in [-0.3, -0.25) is 9.10 Å². The van der Waals surface area contributed by atoms with Crippen LogP contribution in [0.5, 0.6) is 0 Å². The van der Waals surface area contributed by atoms with Crippen LogP contribution in [0.3, 0.4) is 0 Å². The fourth-order valence-corrected chi connectivity index (χ4v) is 4.85. The standard InChI is InChI=1S/C23H22BrFN2O3S/c1-15-5-9-19(10-6-15)31(29,30)27(22-12-16(2)4-7-17(22)3)14-23(28)26-21-11-8-18(24)13-20(21)25/h4-13H,14H2,1-3H3,(H,26,28). The first-order valence-corrected chi connectivity index (χ1v) is 11.7. The number of amides is 1. The predicted octanol–water partition coefficient (Wildman–Crippen LogP) is 5.35. The Hall–Kier alpha value is -2.71. The summed E-state index contributed by atoms with van der Waals surface area (Å²) in [4.78, 5) is 12.8. The lowest BCUT2D eigenvalue weighted by Crippen LogP contribution is -2.38. The van der Waals surface area contributed by atoms with Crippen LogP contribution in [0.15, 0.2) is 70.0 Å². The van der Waals surface area contributed by atoms with Gasteiger partial charge in [0, 0.05) is 4.47 Å². The zero-order chi connectivity index (χ0) is 22.8. The number of nitrogens with zero attached hydrogens (tertiary/aromatic N) is 1. The maximum atomic E-state index is 14.1. The van der Waals surface area contributed by atoms with Crippen LogP contribution in [0, 0.1) is 26.6 Å². The lowest BCUT2D eigenvalue weighted by molar-refractivity contribution is -0.114. The van der Waals surface area contributed by atoms with E-state index in [0.717, 1.165) is 15.4 Å². The van der Waals surface area contributed by atoms with Crippen molar-refractivity contribution in [2.75, 3.05) is 16.2 Å². The van der Waals surface area contributed by atoms with E-state index < -0.39 is 28.3 Å². The van der Waals surface area contributed by atoms with E-state index in [2.05, 4.69) is 21.2 Å². The lowest BCUT2D eigenvalue weighted by atomic mass is 10.1. The molecule has 1 N–H and O–H groups in total. The Morgan fingerprint density at radius 2 is 1.61 bits per heavy atom. The molecule has 0 aliphatic carbocycles. The predicted molar refractivity (Wildman–Crippen MR) is 124 cm³/mol. The molecule has 0 saturated carbocycles. The molecule has 162 valence electrons. The van der Waals surface area contributed by atoms with Gasteiger partial charge in [-0.25, -0.2) is 12.8 Å². The first-order chi connectivity index (χ1) is 14.6. The summed E-state index contributed by atoms with van der Waals surface area (Å²) in [5.41, 5.74) is 2.84. The van der Waals surface area contributed by atoms with Crippen molar-refractivity contribution in [2.24, 2.45) is 0 Å². The summed E-state index contributed by atoms with van der Waals surface area (Å²) >= 11 is 3.16. The first kappa shape index (κ1) is 23.0. The highest BCUT2D eigenvalue weighted by Gasteiger charge is 2.28. The molecule has 3 aromatic rings. The summed E-state index contributed by atoms with van der Waals surface area (Å²) in [5.74, 6) is -1.28. The van der Waals surface area contributed by atoms with Crippen molar-refractivity contribution < 1.29 is 17.6 Å². The Morgan fingerprint density at radius 3 is 2.26 bits per heavy atom. The van der Waals surface area contributed by atoms with E-state index in [1.54, 1.807) is 37.3 Å². The van der Waals surface area contributed by atoms with Crippen LogP contribution < -0.4 is 9.62 Å². The van der Waals surface area contributed by atoms with Crippen LogP contribution in [-0.2, 0) is 14.8 Å². The third-order valence-electron chi connectivity index (χ3n) is 4.73. The molecule has 3 rings (SSSR count). The van der Waals surface area contributed by atoms with Crippen LogP contribution in [0.25, 0.3) is 0 Å². The smallest absolute Gasteiger partial charge is 0.264 e. The van der Waals surface area contributed by atoms with Crippen LogP contribution in [0.4, 0.5) is 15.8 Å². The molecule has 3 aromatic carbocycles. The van der Waals surface area contributed by atoms with Crippen molar-refractivity contribution in [2.45, 2.75) is 25.7 Å². The zero-order valence-electron chi connectivity index (χ0n) is 17.3. The summed E-state index contributed by atoms with van der Waals surface area (Å²) in [5, 5.41) is 2.46. The zero-order valence-corrected chi connectivity index (χ0v) is 19.7. The fraction of sp³-hybridized carbons (Fsp3) is 0.174. The number of halogens is 2. The molecule has 1 amide bonds. The van der Waals surface area contributed by atoms with Gasteiger partial charge in [-0.1, -0.05) is 45.8 Å². The minimum Gasteiger partial charge on any atom is -0.322 e. The third kappa shape index (κ3) is 5.32. The molecular formula is C23H22BrFN2O3S. The summed E-state index contributed by atoms with van der Waals surface area (Å²) < 4.78 is 42.7. The highest BCUT2D eigenvalue weighted by molar-refractivity contribution is 9.10. The summed E-state index contributed by atoms with van der Waals surface area (Å²) in [6.45, 7) is 4.98. The van der Waals surface area contributed by atoms with E-state index in [1.165, 1.54) is 24.3 Å². The molecule has 0 radical (unpaired) electrons. The van der Waals surface area contributed by atoms with Crippen molar-refractivity contribution in [3.8, 4) is 0 Å². The Labute approximate surface area is 190 Å². The van der Waals surface area contributed by atoms with Crippen molar-refractivity contribution in [3.05, 3.63) is 87.6 Å². The molecular weight excluding hydrogens is 483 g/mol. The Balaban J connectivity index is 2.00. The molecule has 0 aliphatic rings. The Bertz CT molecular complexity index is 1230. The molecule has 0 bridgehead atoms. The fourth-order valence-electron chi connectivity index (χ4n) is 3.04. The number of carbonyl (C=O) groups is 1. The van der Waals surface area contributed by atoms with E-state index in [0.29, 0.717) is 15.7 Å². The summed E-state index contributed by atoms with van der Waals surface area (Å²) in [6.07, 6.45) is 0. The highest BCUT2D eigenvalue weighted by Crippen LogP contribution is 2.28. The summed E-state index contributed by atoms with van der Waals surface area (Å²) in [6, 6.07) is 16.0. The second-order valence-corrected chi connectivity index (χ2v) is 10.1. The number of aryl methyl sites for hydroxylation is 3. The number of hydrogen-bond acceptors (Lipinski definition) is 3. The van der Waals surface area contributed by atoms with E-state index >= 15 is 0 Å². The van der Waals surface area contributed by atoms with Crippen molar-refractivity contribution >= 4 is 43.2 Å². The first-order valence-electron chi connectivity index (χ1n) is 9.49. The minimum absolute atomic E-state index is 0.0261. The molecule has 0 saturated heterocycles. The molecule has 0 aromatic heterocycles. The van der Waals surface area contributed by atoms with Crippen LogP contribution in [0.1, 0.15) is 16.7 Å². The molecule has 0 aliphatic heterocycles. The Morgan fingerprint density at radius 1 is 0.968 bits per heavy atom. The van der Waals surface area contributed by atoms with Gasteiger partial charge in [-0.05, 0) is 68.3 Å². The average Bonchev–Trinajstić information content (AvgIpc) is 2.70. The largest absolute Gasteiger partial charge is 0.322 e. The maximum Gasteiger partial charge on any atom is 0.264 e. The number of rotatable bonds is 6. The molecule has 31 heavy (non-hydrogen) atoms. The topological polar surface area (TPSA) is 66.5 Å². The van der Waals surface area contributed by atoms with Gasteiger partial charge >= 0.3 is 0 Å². The molecule has 8 heteroatoms. The van der Waals surface area contributed by atoms with E-state index in [4.69, 9.17) is 0 Å². The van der Waals surface area contributed by atoms with Gasteiger partial charge in [0.25, 0.3) is 10.0 Å². The maximum absolute atomic E-state index is 14.1. The highest BCUT2D eigenvalue weighted by atomic mass is 79.9. The number of benzene rings is 3. The van der Waals surface area contributed by atoms with Crippen LogP contribution in [0.2, 0.25) is 0 Å². The number of sulfonamides is 1. The normalized spacial score (nSPS) is 11.3. The number of hydrogen-bond donors (Lipinski definition) is 1. The van der Waals surface area contributed by atoms with Crippen LogP contribution >= 0.6 is 15.9 Å². The van der Waals surface area contributed by atoms with E-state index in [1.807, 2.05) is 19.9 Å². The van der Waals surface area contributed by atoms with Gasteiger partial charge in [0.15, 0.2) is 0 Å². The van der Waals surface area contributed by atoms with E-state index in [9.17, 15) is 17.6 Å². The summed E-state index contributed by atoms with van der Waals surface area (Å²) in [7, 11) is -4.04. The van der Waals surface area contributed by atoms with E-state index in [-0.39, 0.29) is 10.6 Å². The third-order valence-corrected chi connectivity index (χ3v) is 7.00. The number of carbonyl (C=O) groups excluding carboxylic acids is 1. The molecule has 0 spiro atoms. The second-order valence-electron chi connectivity index (χ2n) is 7.29. The van der Waals surface area contributed by atoms with Gasteiger partial charge in [-0.2, -0.15) is 0 Å². The molecule has 0 unspecified atom stereocenters. The molecule has 0 fully saturated rings. The van der Waals surface area contributed by atoms with Gasteiger partial charge in [-0.15, -0.1) is 0 Å². The van der Waals surface area contributed by atoms with Crippen molar-refractivity contribution in [1.29, 1.82) is 0 Å². The van der Waals surface area contributed by atoms with Gasteiger partial charge in [0.1, 0.15) is 12.4 Å². The Kier molecular flexibility index (Phi) is 6.81. The van der Waals surface area contributed by atoms with Crippen LogP contribution in [-0.4, -0.2) is 20.9 Å². The van der Waals surface area contributed by atoms with Gasteiger partial charge in [0.05, 0.1) is 16.3 Å². The van der Waals surface area contributed by atoms with Gasteiger partial charge < -0.3 is 5.32 Å². The second kappa shape index (κ2) is 9.20. The SMILES string of the molecule is Cc1ccc(S(=O)(=O)N(CC(=O)Nc2ccc(Br)cc2F)c2cc(C)ccc2C)cc1. The molecule has 0 heterocycles. The van der Waals surface area contributed by atoms with Crippen molar-refractivity contribution in [1.82, 2.24) is 0 Å². The number of anilines is 2. The van der Waals surface area contributed by atoms with Gasteiger partial charge in [0.2, 0.25) is 5.91 Å². The number of nitrogens with one attached hydrogen (secondary N) is 1.